The van der Waals surface area contributed by atoms with Crippen molar-refractivity contribution in [3.8, 4) is 0 Å². The van der Waals surface area contributed by atoms with Gasteiger partial charge in [0.05, 0.1) is 17.4 Å². The van der Waals surface area contributed by atoms with E-state index in [1.165, 1.54) is 9.13 Å². The number of hydrogen-bond acceptors (Lipinski definition) is 3. The van der Waals surface area contributed by atoms with E-state index in [0.29, 0.717) is 29.0 Å². The van der Waals surface area contributed by atoms with E-state index in [0.717, 1.165) is 18.4 Å². The lowest BCUT2D eigenvalue weighted by Gasteiger charge is -2.22. The van der Waals surface area contributed by atoms with Crippen molar-refractivity contribution in [2.75, 3.05) is 13.1 Å². The number of fused-ring (bicyclic) bond motifs is 1. The molecule has 0 fully saturated rings. The number of hydrogen-bond donors (Lipinski definition) is 0. The molecule has 3 aromatic rings. The van der Waals surface area contributed by atoms with Gasteiger partial charge in [-0.3, -0.25) is 18.7 Å². The van der Waals surface area contributed by atoms with E-state index < -0.39 is 5.69 Å². The van der Waals surface area contributed by atoms with Crippen molar-refractivity contribution in [1.29, 1.82) is 0 Å². The van der Waals surface area contributed by atoms with E-state index in [4.69, 9.17) is 11.6 Å². The van der Waals surface area contributed by atoms with Gasteiger partial charge in [0.15, 0.2) is 0 Å². The largest absolute Gasteiger partial charge is 0.341 e. The number of amides is 1. The Kier molecular flexibility index (Phi) is 7.11. The third-order valence-electron chi connectivity index (χ3n) is 5.00. The summed E-state index contributed by atoms with van der Waals surface area (Å²) in [6, 6.07) is 14.0. The van der Waals surface area contributed by atoms with Crippen LogP contribution < -0.4 is 11.2 Å². The summed E-state index contributed by atoms with van der Waals surface area (Å²) in [5, 5.41) is 0.941. The van der Waals surface area contributed by atoms with Gasteiger partial charge >= 0.3 is 5.69 Å². The van der Waals surface area contributed by atoms with E-state index >= 15 is 0 Å². The lowest BCUT2D eigenvalue weighted by molar-refractivity contribution is -0.131. The van der Waals surface area contributed by atoms with E-state index in [2.05, 4.69) is 0 Å². The second kappa shape index (κ2) is 9.76. The van der Waals surface area contributed by atoms with Crippen LogP contribution in [0.3, 0.4) is 0 Å². The van der Waals surface area contributed by atoms with Crippen molar-refractivity contribution < 1.29 is 4.79 Å². The molecule has 0 saturated heterocycles. The summed E-state index contributed by atoms with van der Waals surface area (Å²) < 4.78 is 2.58. The van der Waals surface area contributed by atoms with Gasteiger partial charge < -0.3 is 4.90 Å². The molecular formula is C23H26ClN3O3. The molecule has 1 heterocycles. The highest BCUT2D eigenvalue weighted by atomic mass is 35.5. The predicted octanol–water partition coefficient (Wildman–Crippen LogP) is 3.51. The minimum Gasteiger partial charge on any atom is -0.341 e. The molecule has 2 aromatic carbocycles. The zero-order valence-electron chi connectivity index (χ0n) is 17.3. The van der Waals surface area contributed by atoms with Crippen LogP contribution in [0.15, 0.2) is 58.1 Å². The minimum absolute atomic E-state index is 0.0882. The van der Waals surface area contributed by atoms with Crippen molar-refractivity contribution in [3.63, 3.8) is 0 Å². The second-order valence-electron chi connectivity index (χ2n) is 7.29. The highest BCUT2D eigenvalue weighted by molar-refractivity contribution is 6.30. The lowest BCUT2D eigenvalue weighted by atomic mass is 10.2. The maximum atomic E-state index is 13.3. The Hall–Kier alpha value is -2.86. The molecular weight excluding hydrogens is 402 g/mol. The number of aromatic nitrogens is 2. The van der Waals surface area contributed by atoms with Gasteiger partial charge in [0.25, 0.3) is 5.56 Å². The molecule has 0 spiro atoms. The van der Waals surface area contributed by atoms with Gasteiger partial charge in [-0.2, -0.15) is 0 Å². The number of para-hydroxylation sites is 1. The van der Waals surface area contributed by atoms with Gasteiger partial charge in [-0.25, -0.2) is 4.79 Å². The fourth-order valence-corrected chi connectivity index (χ4v) is 3.83. The third kappa shape index (κ3) is 4.65. The fraction of sp³-hybridized carbons (Fsp3) is 0.348. The molecule has 3 rings (SSSR count). The molecule has 0 N–H and O–H groups in total. The summed E-state index contributed by atoms with van der Waals surface area (Å²) in [5.41, 5.74) is 0.336. The summed E-state index contributed by atoms with van der Waals surface area (Å²) >= 11 is 6.06. The van der Waals surface area contributed by atoms with Crippen molar-refractivity contribution in [3.05, 3.63) is 80.0 Å². The molecule has 0 radical (unpaired) electrons. The molecule has 0 aliphatic rings. The topological polar surface area (TPSA) is 64.3 Å². The maximum absolute atomic E-state index is 13.3. The average molecular weight is 428 g/mol. The second-order valence-corrected chi connectivity index (χ2v) is 7.72. The first kappa shape index (κ1) is 21.8. The minimum atomic E-state index is -0.500. The molecule has 0 aliphatic heterocycles. The number of benzene rings is 2. The van der Waals surface area contributed by atoms with E-state index in [1.807, 2.05) is 19.9 Å². The summed E-state index contributed by atoms with van der Waals surface area (Å²) in [5.74, 6) is -0.126. The van der Waals surface area contributed by atoms with Crippen molar-refractivity contribution in [2.45, 2.75) is 39.8 Å². The zero-order valence-corrected chi connectivity index (χ0v) is 18.1. The van der Waals surface area contributed by atoms with Crippen molar-refractivity contribution in [1.82, 2.24) is 14.0 Å². The van der Waals surface area contributed by atoms with Crippen LogP contribution >= 0.6 is 11.6 Å². The number of nitrogens with zero attached hydrogens (tertiary/aromatic N) is 3. The van der Waals surface area contributed by atoms with Gasteiger partial charge in [-0.15, -0.1) is 0 Å². The molecule has 0 aliphatic carbocycles. The first-order chi connectivity index (χ1) is 14.5. The van der Waals surface area contributed by atoms with Crippen molar-refractivity contribution >= 4 is 28.4 Å². The molecule has 7 heteroatoms. The van der Waals surface area contributed by atoms with Gasteiger partial charge in [0, 0.05) is 18.1 Å². The molecule has 0 saturated carbocycles. The molecule has 6 nitrogen and oxygen atoms in total. The first-order valence-corrected chi connectivity index (χ1v) is 10.6. The first-order valence-electron chi connectivity index (χ1n) is 10.2. The Morgan fingerprint density at radius 3 is 2.33 bits per heavy atom. The smallest absolute Gasteiger partial charge is 0.332 e. The standard InChI is InChI=1S/C23H26ClN3O3/c1-3-12-25(13-4-2)21(28)16-26-20-11-6-5-10-19(20)22(29)27(23(26)30)15-17-8-7-9-18(24)14-17/h5-11,14H,3-4,12-13,15-16H2,1-2H3. The number of carbonyl (C=O) groups excluding carboxylic acids is 1. The average Bonchev–Trinajstić information content (AvgIpc) is 2.74. The highest BCUT2D eigenvalue weighted by Crippen LogP contribution is 2.12. The number of rotatable bonds is 8. The third-order valence-corrected chi connectivity index (χ3v) is 5.23. The normalized spacial score (nSPS) is 11.0. The highest BCUT2D eigenvalue weighted by Gasteiger charge is 2.18. The summed E-state index contributed by atoms with van der Waals surface area (Å²) in [6.45, 7) is 5.30. The Morgan fingerprint density at radius 2 is 1.67 bits per heavy atom. The van der Waals surface area contributed by atoms with Gasteiger partial charge in [0.2, 0.25) is 5.91 Å². The van der Waals surface area contributed by atoms with Gasteiger partial charge in [0.1, 0.15) is 6.54 Å². The zero-order chi connectivity index (χ0) is 21.7. The molecule has 0 bridgehead atoms. The van der Waals surface area contributed by atoms with Crippen molar-refractivity contribution in [2.24, 2.45) is 0 Å². The molecule has 0 unspecified atom stereocenters. The molecule has 158 valence electrons. The Morgan fingerprint density at radius 1 is 0.967 bits per heavy atom. The van der Waals surface area contributed by atoms with Crippen LogP contribution in [0.1, 0.15) is 32.3 Å². The van der Waals surface area contributed by atoms with Gasteiger partial charge in [-0.1, -0.05) is 49.7 Å². The SMILES string of the molecule is CCCN(CCC)C(=O)Cn1c(=O)n(Cc2cccc(Cl)c2)c(=O)c2ccccc21. The van der Waals surface area contributed by atoms with Crippen LogP contribution in [0.2, 0.25) is 5.02 Å². The number of carbonyl (C=O) groups is 1. The van der Waals surface area contributed by atoms with Crippen LogP contribution in [0.25, 0.3) is 10.9 Å². The Bertz CT molecular complexity index is 1160. The molecule has 30 heavy (non-hydrogen) atoms. The Balaban J connectivity index is 2.10. The van der Waals surface area contributed by atoms with Gasteiger partial charge in [-0.05, 0) is 42.7 Å². The lowest BCUT2D eigenvalue weighted by Crippen LogP contribution is -2.44. The van der Waals surface area contributed by atoms with E-state index in [9.17, 15) is 14.4 Å². The van der Waals surface area contributed by atoms with Crippen LogP contribution in [-0.4, -0.2) is 33.0 Å². The van der Waals surface area contributed by atoms with Crippen LogP contribution in [0.4, 0.5) is 0 Å². The summed E-state index contributed by atoms with van der Waals surface area (Å²) in [7, 11) is 0. The maximum Gasteiger partial charge on any atom is 0.332 e. The molecule has 1 aromatic heterocycles. The summed E-state index contributed by atoms with van der Waals surface area (Å²) in [6.07, 6.45) is 1.69. The summed E-state index contributed by atoms with van der Waals surface area (Å²) in [4.78, 5) is 41.0. The fourth-order valence-electron chi connectivity index (χ4n) is 3.62. The quantitative estimate of drug-likeness (QED) is 0.552. The van der Waals surface area contributed by atoms with Crippen LogP contribution in [0.5, 0.6) is 0 Å². The Labute approximate surface area is 180 Å². The van der Waals surface area contributed by atoms with Crippen LogP contribution in [0, 0.1) is 0 Å². The number of halogens is 1. The molecule has 1 amide bonds. The molecule has 0 atom stereocenters. The van der Waals surface area contributed by atoms with E-state index in [-0.39, 0.29) is 24.6 Å². The predicted molar refractivity (Wildman–Crippen MR) is 120 cm³/mol. The van der Waals surface area contributed by atoms with E-state index in [1.54, 1.807) is 47.4 Å². The monoisotopic (exact) mass is 427 g/mol. The van der Waals surface area contributed by atoms with Crippen LogP contribution in [-0.2, 0) is 17.9 Å².